The molecule has 0 aliphatic heterocycles. The van der Waals surface area contributed by atoms with Gasteiger partial charge >= 0.3 is 0 Å². The van der Waals surface area contributed by atoms with Crippen LogP contribution in [0.1, 0.15) is 68.6 Å². The lowest BCUT2D eigenvalue weighted by molar-refractivity contribution is 0.579. The van der Waals surface area contributed by atoms with E-state index in [1.54, 1.807) is 0 Å². The highest BCUT2D eigenvalue weighted by atomic mass is 79.9. The van der Waals surface area contributed by atoms with Crippen molar-refractivity contribution in [3.8, 4) is 11.1 Å². The Bertz CT molecular complexity index is 663. The summed E-state index contributed by atoms with van der Waals surface area (Å²) in [6.07, 6.45) is 0. The molecule has 0 atom stereocenters. The fourth-order valence-electron chi connectivity index (χ4n) is 3.60. The Kier molecular flexibility index (Phi) is 3.56. The lowest BCUT2D eigenvalue weighted by Crippen LogP contribution is -2.16. The van der Waals surface area contributed by atoms with Gasteiger partial charge in [-0.3, -0.25) is 0 Å². The van der Waals surface area contributed by atoms with Crippen LogP contribution in [-0.2, 0) is 10.8 Å². The van der Waals surface area contributed by atoms with Gasteiger partial charge in [-0.25, -0.2) is 0 Å². The van der Waals surface area contributed by atoms with Crippen molar-refractivity contribution >= 4 is 15.9 Å². The Hall–Kier alpha value is -1.08. The number of hydrogen-bond donors (Lipinski definition) is 0. The molecule has 0 spiro atoms. The van der Waals surface area contributed by atoms with E-state index in [0.717, 1.165) is 0 Å². The summed E-state index contributed by atoms with van der Waals surface area (Å²) >= 11 is 4.02. The van der Waals surface area contributed by atoms with Crippen molar-refractivity contribution in [1.29, 1.82) is 0 Å². The molecule has 0 unspecified atom stereocenters. The third-order valence-electron chi connectivity index (χ3n) is 4.63. The van der Waals surface area contributed by atoms with Crippen LogP contribution >= 0.6 is 15.9 Å². The quantitative estimate of drug-likeness (QED) is 0.458. The van der Waals surface area contributed by atoms with E-state index < -0.39 is 0 Å². The van der Waals surface area contributed by atoms with Gasteiger partial charge in [-0.2, -0.15) is 0 Å². The predicted octanol–water partition coefficient (Wildman–Crippen LogP) is 6.75. The van der Waals surface area contributed by atoms with Crippen molar-refractivity contribution in [2.24, 2.45) is 0 Å². The molecule has 1 heteroatoms. The molecule has 0 nitrogen and oxygen atoms in total. The first-order valence-corrected chi connectivity index (χ1v) is 8.95. The molecule has 0 aromatic heterocycles. The van der Waals surface area contributed by atoms with Crippen LogP contribution in [0.4, 0.5) is 0 Å². The highest BCUT2D eigenvalue weighted by Gasteiger charge is 2.35. The van der Waals surface area contributed by atoms with E-state index >= 15 is 0 Å². The van der Waals surface area contributed by atoms with E-state index in [2.05, 4.69) is 93.9 Å². The Labute approximate surface area is 143 Å². The lowest BCUT2D eigenvalue weighted by atomic mass is 9.81. The molecule has 0 saturated carbocycles. The van der Waals surface area contributed by atoms with E-state index in [-0.39, 0.29) is 10.8 Å². The SMILES string of the molecule is CC(C)(C)c1cccc2c1C(Br)c1c-2cccc1C(C)(C)C. The van der Waals surface area contributed by atoms with Gasteiger partial charge in [0.15, 0.2) is 0 Å². The van der Waals surface area contributed by atoms with Crippen molar-refractivity contribution < 1.29 is 0 Å². The van der Waals surface area contributed by atoms with Gasteiger partial charge in [-0.15, -0.1) is 0 Å². The molecule has 22 heavy (non-hydrogen) atoms. The number of alkyl halides is 1. The number of benzene rings is 2. The van der Waals surface area contributed by atoms with E-state index in [4.69, 9.17) is 0 Å². The maximum absolute atomic E-state index is 4.02. The number of hydrogen-bond acceptors (Lipinski definition) is 0. The summed E-state index contributed by atoms with van der Waals surface area (Å²) in [5, 5.41) is 0. The van der Waals surface area contributed by atoms with Crippen LogP contribution in [0.3, 0.4) is 0 Å². The van der Waals surface area contributed by atoms with Crippen LogP contribution in [0.2, 0.25) is 0 Å². The minimum Gasteiger partial charge on any atom is -0.0786 e. The molecule has 3 rings (SSSR count). The van der Waals surface area contributed by atoms with Gasteiger partial charge in [-0.05, 0) is 44.2 Å². The Morgan fingerprint density at radius 1 is 0.682 bits per heavy atom. The third-order valence-corrected chi connectivity index (χ3v) is 5.54. The molecule has 0 bridgehead atoms. The first kappa shape index (κ1) is 15.8. The molecule has 0 fully saturated rings. The van der Waals surface area contributed by atoms with Gasteiger partial charge < -0.3 is 0 Å². The zero-order valence-corrected chi connectivity index (χ0v) is 16.0. The molecule has 116 valence electrons. The topological polar surface area (TPSA) is 0 Å². The summed E-state index contributed by atoms with van der Waals surface area (Å²) in [5.41, 5.74) is 8.92. The minimum absolute atomic E-state index is 0.154. The zero-order chi connectivity index (χ0) is 16.3. The van der Waals surface area contributed by atoms with E-state index in [1.807, 2.05) is 0 Å². The molecule has 0 amide bonds. The van der Waals surface area contributed by atoms with Crippen molar-refractivity contribution in [1.82, 2.24) is 0 Å². The van der Waals surface area contributed by atoms with Crippen molar-refractivity contribution in [3.63, 3.8) is 0 Å². The zero-order valence-electron chi connectivity index (χ0n) is 14.4. The molecule has 1 aliphatic rings. The Morgan fingerprint density at radius 3 is 1.36 bits per heavy atom. The van der Waals surface area contributed by atoms with Crippen LogP contribution in [-0.4, -0.2) is 0 Å². The highest BCUT2D eigenvalue weighted by Crippen LogP contribution is 2.53. The second-order valence-corrected chi connectivity index (χ2v) is 9.31. The summed E-state index contributed by atoms with van der Waals surface area (Å²) < 4.78 is 0. The average molecular weight is 357 g/mol. The molecule has 2 aromatic carbocycles. The van der Waals surface area contributed by atoms with Gasteiger partial charge in [0.25, 0.3) is 0 Å². The monoisotopic (exact) mass is 356 g/mol. The van der Waals surface area contributed by atoms with Crippen LogP contribution in [0.15, 0.2) is 36.4 Å². The standard InChI is InChI=1S/C21H25Br/c1-20(2,3)15-11-7-9-13-14-10-8-12-16(21(4,5)6)18(14)19(22)17(13)15/h7-12,19H,1-6H3. The number of rotatable bonds is 0. The normalized spacial score (nSPS) is 14.9. The van der Waals surface area contributed by atoms with Crippen LogP contribution in [0, 0.1) is 0 Å². The van der Waals surface area contributed by atoms with E-state index in [1.165, 1.54) is 33.4 Å². The van der Waals surface area contributed by atoms with Crippen molar-refractivity contribution in [2.75, 3.05) is 0 Å². The van der Waals surface area contributed by atoms with Crippen LogP contribution in [0.25, 0.3) is 11.1 Å². The molecule has 0 N–H and O–H groups in total. The van der Waals surface area contributed by atoms with E-state index in [9.17, 15) is 0 Å². The van der Waals surface area contributed by atoms with Gasteiger partial charge in [-0.1, -0.05) is 93.9 Å². The molecular weight excluding hydrogens is 332 g/mol. The van der Waals surface area contributed by atoms with Crippen molar-refractivity contribution in [3.05, 3.63) is 58.7 Å². The fraction of sp³-hybridized carbons (Fsp3) is 0.429. The van der Waals surface area contributed by atoms with Crippen LogP contribution < -0.4 is 0 Å². The van der Waals surface area contributed by atoms with E-state index in [0.29, 0.717) is 4.83 Å². The minimum atomic E-state index is 0.154. The van der Waals surface area contributed by atoms with Crippen molar-refractivity contribution in [2.45, 2.75) is 57.2 Å². The third kappa shape index (κ3) is 2.34. The van der Waals surface area contributed by atoms with Gasteiger partial charge in [0, 0.05) is 0 Å². The smallest absolute Gasteiger partial charge is 0.0662 e. The predicted molar refractivity (Wildman–Crippen MR) is 100 cm³/mol. The molecule has 1 aliphatic carbocycles. The second kappa shape index (κ2) is 4.96. The largest absolute Gasteiger partial charge is 0.0786 e. The summed E-state index contributed by atoms with van der Waals surface area (Å²) in [7, 11) is 0. The molecule has 0 heterocycles. The summed E-state index contributed by atoms with van der Waals surface area (Å²) in [6.45, 7) is 13.8. The summed E-state index contributed by atoms with van der Waals surface area (Å²) in [6, 6.07) is 13.5. The summed E-state index contributed by atoms with van der Waals surface area (Å²) in [4.78, 5) is 0.295. The maximum atomic E-state index is 4.02. The first-order chi connectivity index (χ1) is 10.1. The summed E-state index contributed by atoms with van der Waals surface area (Å²) in [5.74, 6) is 0. The molecule has 0 radical (unpaired) electrons. The van der Waals surface area contributed by atoms with Crippen LogP contribution in [0.5, 0.6) is 0 Å². The first-order valence-electron chi connectivity index (χ1n) is 8.03. The number of halogens is 1. The fourth-order valence-corrected chi connectivity index (χ4v) is 4.59. The molecule has 2 aromatic rings. The second-order valence-electron chi connectivity index (χ2n) is 8.40. The maximum Gasteiger partial charge on any atom is 0.0662 e. The molecule has 0 saturated heterocycles. The van der Waals surface area contributed by atoms with Gasteiger partial charge in [0.05, 0.1) is 4.83 Å². The average Bonchev–Trinajstić information content (AvgIpc) is 2.71. The van der Waals surface area contributed by atoms with Gasteiger partial charge in [0.1, 0.15) is 0 Å². The molecular formula is C21H25Br. The Balaban J connectivity index is 2.32. The number of fused-ring (bicyclic) bond motifs is 3. The lowest BCUT2D eigenvalue weighted by Gasteiger charge is -2.26. The van der Waals surface area contributed by atoms with Gasteiger partial charge in [0.2, 0.25) is 0 Å². The Morgan fingerprint density at radius 2 is 1.05 bits per heavy atom. The highest BCUT2D eigenvalue weighted by molar-refractivity contribution is 9.09.